The molecule has 0 saturated heterocycles. The first-order valence-corrected chi connectivity index (χ1v) is 8.36. The Bertz CT molecular complexity index is 187. The van der Waals surface area contributed by atoms with Gasteiger partial charge in [-0.2, -0.15) is 0 Å². The van der Waals surface area contributed by atoms with Crippen LogP contribution in [0.2, 0.25) is 0 Å². The lowest BCUT2D eigenvalue weighted by Gasteiger charge is -2.09. The van der Waals surface area contributed by atoms with Gasteiger partial charge in [0.05, 0.1) is 37.5 Å². The highest BCUT2D eigenvalue weighted by Gasteiger charge is 2.34. The van der Waals surface area contributed by atoms with Crippen molar-refractivity contribution in [3.63, 3.8) is 0 Å². The van der Waals surface area contributed by atoms with Crippen molar-refractivity contribution in [2.24, 2.45) is 0 Å². The molecule has 0 N–H and O–H groups in total. The molecule has 0 aliphatic rings. The molecule has 0 aromatic carbocycles. The zero-order valence-electron chi connectivity index (χ0n) is 6.80. The molecule has 0 saturated carbocycles. The smallest absolute Gasteiger partial charge is 0.311 e. The first-order chi connectivity index (χ1) is 5.60. The Morgan fingerprint density at radius 2 is 1.67 bits per heavy atom. The van der Waals surface area contributed by atoms with E-state index in [1.165, 1.54) is 14.2 Å². The monoisotopic (exact) mass is 248 g/mol. The van der Waals surface area contributed by atoms with Gasteiger partial charge in [0, 0.05) is 0 Å². The Morgan fingerprint density at radius 1 is 1.25 bits per heavy atom. The lowest BCUT2D eigenvalue weighted by molar-refractivity contribution is 0.275. The zero-order valence-corrected chi connectivity index (χ0v) is 10.1. The highest BCUT2D eigenvalue weighted by Crippen LogP contribution is 2.71. The molecule has 8 heteroatoms. The van der Waals surface area contributed by atoms with E-state index in [2.05, 4.69) is 8.37 Å². The van der Waals surface area contributed by atoms with Gasteiger partial charge in [-0.05, 0) is 6.26 Å². The third-order valence-corrected chi connectivity index (χ3v) is 8.41. The average Bonchev–Trinajstić information content (AvgIpc) is 2.04. The van der Waals surface area contributed by atoms with E-state index in [1.54, 1.807) is 6.26 Å². The molecule has 0 fully saturated rings. The minimum Gasteiger partial charge on any atom is -0.311 e. The summed E-state index contributed by atoms with van der Waals surface area (Å²) in [5, 5.41) is 0. The predicted octanol–water partition coefficient (Wildman–Crippen LogP) is 3.25. The molecule has 0 radical (unpaired) electrons. The molecule has 0 bridgehead atoms. The van der Waals surface area contributed by atoms with Crippen molar-refractivity contribution in [1.82, 2.24) is 0 Å². The third kappa shape index (κ3) is 3.72. The van der Waals surface area contributed by atoms with E-state index in [4.69, 9.17) is 0 Å². The highest BCUT2D eigenvalue weighted by atomic mass is 33.1. The van der Waals surface area contributed by atoms with Gasteiger partial charge in [0.1, 0.15) is 0 Å². The van der Waals surface area contributed by atoms with Gasteiger partial charge in [-0.3, -0.25) is 9.36 Å². The van der Waals surface area contributed by atoms with Crippen molar-refractivity contribution in [3.05, 3.63) is 0 Å². The maximum Gasteiger partial charge on any atom is 0.315 e. The van der Waals surface area contributed by atoms with Crippen LogP contribution in [0.4, 0.5) is 4.79 Å². The maximum absolute atomic E-state index is 11.6. The molecule has 0 aliphatic carbocycles. The second kappa shape index (κ2) is 6.34. The fourth-order valence-corrected chi connectivity index (χ4v) is 6.64. The van der Waals surface area contributed by atoms with Gasteiger partial charge in [0.15, 0.2) is 0 Å². The summed E-state index contributed by atoms with van der Waals surface area (Å²) in [4.78, 5) is 10.7. The number of thioether (sulfide) groups is 1. The molecule has 0 atom stereocenters. The largest absolute Gasteiger partial charge is 0.315 e. The standard InChI is InChI=1S/C4H9O4PS3/c1-7-11-9(6,12-8-2)4(5)10-3/h1-3H3. The van der Waals surface area contributed by atoms with E-state index >= 15 is 0 Å². The summed E-state index contributed by atoms with van der Waals surface area (Å²) < 4.78 is 20.9. The molecular weight excluding hydrogens is 239 g/mol. The van der Waals surface area contributed by atoms with Crippen LogP contribution in [0, 0.1) is 0 Å². The Labute approximate surface area is 83.8 Å². The maximum atomic E-state index is 11.6. The summed E-state index contributed by atoms with van der Waals surface area (Å²) in [5.74, 6) is 0. The Hall–Kier alpha value is 0.870. The van der Waals surface area contributed by atoms with Crippen LogP contribution in [-0.2, 0) is 12.9 Å². The third-order valence-electron chi connectivity index (χ3n) is 0.744. The quantitative estimate of drug-likeness (QED) is 0.546. The number of hydrogen-bond donors (Lipinski definition) is 0. The van der Waals surface area contributed by atoms with Crippen LogP contribution in [-0.4, -0.2) is 25.3 Å². The topological polar surface area (TPSA) is 52.6 Å². The summed E-state index contributed by atoms with van der Waals surface area (Å²) >= 11 is 2.23. The second-order valence-corrected chi connectivity index (χ2v) is 9.57. The van der Waals surface area contributed by atoms with Crippen LogP contribution < -0.4 is 0 Å². The van der Waals surface area contributed by atoms with Gasteiger partial charge in [-0.25, -0.2) is 0 Å². The normalized spacial score (nSPS) is 11.6. The lowest BCUT2D eigenvalue weighted by atomic mass is 11.8. The second-order valence-electron chi connectivity index (χ2n) is 1.45. The molecule has 4 nitrogen and oxygen atoms in total. The number of hydrogen-bond acceptors (Lipinski definition) is 7. The Kier molecular flexibility index (Phi) is 6.80. The molecule has 0 heterocycles. The lowest BCUT2D eigenvalue weighted by Crippen LogP contribution is -1.85. The van der Waals surface area contributed by atoms with Crippen molar-refractivity contribution < 1.29 is 17.7 Å². The zero-order chi connectivity index (χ0) is 9.61. The van der Waals surface area contributed by atoms with Crippen LogP contribution >= 0.6 is 40.6 Å². The van der Waals surface area contributed by atoms with Gasteiger partial charge in [0.2, 0.25) is 0 Å². The van der Waals surface area contributed by atoms with Gasteiger partial charge in [-0.15, -0.1) is 0 Å². The molecule has 12 heavy (non-hydrogen) atoms. The summed E-state index contributed by atoms with van der Waals surface area (Å²) in [6.07, 6.45) is 1.57. The van der Waals surface area contributed by atoms with E-state index in [1.807, 2.05) is 0 Å². The minimum atomic E-state index is -3.10. The van der Waals surface area contributed by atoms with Crippen LogP contribution in [0.15, 0.2) is 0 Å². The molecule has 0 amide bonds. The van der Waals surface area contributed by atoms with Crippen LogP contribution in [0.3, 0.4) is 0 Å². The van der Waals surface area contributed by atoms with E-state index in [0.29, 0.717) is 23.3 Å². The summed E-state index contributed by atoms with van der Waals surface area (Å²) in [7, 11) is 2.72. The first-order valence-electron chi connectivity index (χ1n) is 2.74. The van der Waals surface area contributed by atoms with E-state index in [-0.39, 0.29) is 0 Å². The molecule has 0 aromatic heterocycles. The molecule has 0 unspecified atom stereocenters. The van der Waals surface area contributed by atoms with Crippen LogP contribution in [0.25, 0.3) is 0 Å². The van der Waals surface area contributed by atoms with Crippen molar-refractivity contribution in [1.29, 1.82) is 0 Å². The van der Waals surface area contributed by atoms with Crippen LogP contribution in [0.5, 0.6) is 0 Å². The minimum absolute atomic E-state index is 0.416. The van der Waals surface area contributed by atoms with Gasteiger partial charge >= 0.3 is 5.55 Å². The molecule has 0 aromatic rings. The van der Waals surface area contributed by atoms with E-state index in [0.717, 1.165) is 11.8 Å². The van der Waals surface area contributed by atoms with Crippen molar-refractivity contribution in [3.8, 4) is 0 Å². The molecule has 0 aliphatic heterocycles. The molecule has 0 spiro atoms. The fourth-order valence-electron chi connectivity index (χ4n) is 0.381. The average molecular weight is 248 g/mol. The molecule has 0 rings (SSSR count). The number of rotatable bonds is 5. The Morgan fingerprint density at radius 3 is 1.92 bits per heavy atom. The number of carbonyl (C=O) groups is 1. The number of carbonyl (C=O) groups excluding carboxylic acids is 1. The predicted molar refractivity (Wildman–Crippen MR) is 55.7 cm³/mol. The fraction of sp³-hybridized carbons (Fsp3) is 0.750. The summed E-state index contributed by atoms with van der Waals surface area (Å²) in [5.41, 5.74) is -3.10. The van der Waals surface area contributed by atoms with Crippen LogP contribution in [0.1, 0.15) is 0 Å². The summed E-state index contributed by atoms with van der Waals surface area (Å²) in [6, 6.07) is 0. The van der Waals surface area contributed by atoms with Crippen molar-refractivity contribution in [2.75, 3.05) is 20.5 Å². The van der Waals surface area contributed by atoms with E-state index < -0.39 is 10.4 Å². The summed E-state index contributed by atoms with van der Waals surface area (Å²) in [6.45, 7) is 0. The van der Waals surface area contributed by atoms with Gasteiger partial charge in [-0.1, -0.05) is 11.8 Å². The Balaban J connectivity index is 4.38. The highest BCUT2D eigenvalue weighted by molar-refractivity contribution is 8.95. The van der Waals surface area contributed by atoms with Gasteiger partial charge in [0.25, 0.3) is 4.86 Å². The van der Waals surface area contributed by atoms with E-state index in [9.17, 15) is 9.36 Å². The van der Waals surface area contributed by atoms with Gasteiger partial charge < -0.3 is 8.37 Å². The first kappa shape index (κ1) is 12.9. The molecule has 72 valence electrons. The SMILES string of the molecule is COSP(=O)(SOC)C(=O)SC. The molecular formula is C4H9O4PS3. The van der Waals surface area contributed by atoms with Crippen molar-refractivity contribution in [2.45, 2.75) is 0 Å². The van der Waals surface area contributed by atoms with Crippen molar-refractivity contribution >= 4 is 45.5 Å².